The molecular weight excluding hydrogens is 336 g/mol. The molecule has 4 nitrogen and oxygen atoms in total. The summed E-state index contributed by atoms with van der Waals surface area (Å²) in [7, 11) is 0. The first-order valence-corrected chi connectivity index (χ1v) is 10.9. The summed E-state index contributed by atoms with van der Waals surface area (Å²) in [5, 5.41) is 0. The fourth-order valence-corrected chi connectivity index (χ4v) is 3.30. The lowest BCUT2D eigenvalue weighted by atomic mass is 9.99. The molecule has 0 aliphatic rings. The van der Waals surface area contributed by atoms with Gasteiger partial charge in [0.2, 0.25) is 0 Å². The second-order valence-corrected chi connectivity index (χ2v) is 7.66. The van der Waals surface area contributed by atoms with Gasteiger partial charge in [0.15, 0.2) is 0 Å². The van der Waals surface area contributed by atoms with Crippen LogP contribution in [0.2, 0.25) is 0 Å². The van der Waals surface area contributed by atoms with Crippen LogP contribution in [0.1, 0.15) is 94.3 Å². The lowest BCUT2D eigenvalue weighted by Gasteiger charge is -2.17. The molecule has 0 amide bonds. The van der Waals surface area contributed by atoms with Crippen LogP contribution in [-0.2, 0) is 4.74 Å². The van der Waals surface area contributed by atoms with Gasteiger partial charge in [0, 0.05) is 12.1 Å². The number of hydrogen-bond acceptors (Lipinski definition) is 4. The Kier molecular flexibility index (Phi) is 13.7. The predicted molar refractivity (Wildman–Crippen MR) is 114 cm³/mol. The third-order valence-corrected chi connectivity index (χ3v) is 5.02. The van der Waals surface area contributed by atoms with Gasteiger partial charge in [-0.15, -0.1) is 0 Å². The zero-order valence-corrected chi connectivity index (χ0v) is 17.2. The molecule has 0 heterocycles. The Morgan fingerprint density at radius 3 is 2.04 bits per heavy atom. The molecule has 4 heteroatoms. The first kappa shape index (κ1) is 23.6. The first-order chi connectivity index (χ1) is 13.1. The number of nitrogens with two attached hydrogens (primary N) is 2. The Balaban J connectivity index is 1.98. The fraction of sp³-hybridized carbons (Fsp3) is 0.696. The highest BCUT2D eigenvalue weighted by Gasteiger charge is 2.11. The van der Waals surface area contributed by atoms with E-state index in [-0.39, 0.29) is 18.1 Å². The molecule has 0 fully saturated rings. The molecule has 2 atom stereocenters. The zero-order chi connectivity index (χ0) is 19.7. The highest BCUT2D eigenvalue weighted by atomic mass is 16.5. The monoisotopic (exact) mass is 376 g/mol. The van der Waals surface area contributed by atoms with Crippen molar-refractivity contribution in [2.24, 2.45) is 11.5 Å². The largest absolute Gasteiger partial charge is 0.462 e. The average molecular weight is 377 g/mol. The summed E-state index contributed by atoms with van der Waals surface area (Å²) in [6.07, 6.45) is 14.5. The number of rotatable bonds is 16. The molecule has 0 aliphatic carbocycles. The van der Waals surface area contributed by atoms with Crippen LogP contribution in [0.25, 0.3) is 0 Å². The maximum Gasteiger partial charge on any atom is 0.338 e. The summed E-state index contributed by atoms with van der Waals surface area (Å²) >= 11 is 0. The molecule has 4 N–H and O–H groups in total. The summed E-state index contributed by atoms with van der Waals surface area (Å²) in [5.74, 6) is -0.290. The Hall–Kier alpha value is -1.39. The minimum absolute atomic E-state index is 0.0119. The van der Waals surface area contributed by atoms with E-state index in [2.05, 4.69) is 6.92 Å². The van der Waals surface area contributed by atoms with Gasteiger partial charge in [-0.2, -0.15) is 0 Å². The minimum Gasteiger partial charge on any atom is -0.462 e. The van der Waals surface area contributed by atoms with Gasteiger partial charge in [0.1, 0.15) is 0 Å². The van der Waals surface area contributed by atoms with Crippen molar-refractivity contribution >= 4 is 5.97 Å². The van der Waals surface area contributed by atoms with Crippen LogP contribution in [0, 0.1) is 0 Å². The van der Waals surface area contributed by atoms with E-state index >= 15 is 0 Å². The van der Waals surface area contributed by atoms with Crippen LogP contribution in [0.5, 0.6) is 0 Å². The Morgan fingerprint density at radius 2 is 1.41 bits per heavy atom. The summed E-state index contributed by atoms with van der Waals surface area (Å²) in [5.41, 5.74) is 12.9. The standard InChI is InChI=1S/C23H40N2O2/c1-2-3-4-5-6-7-8-9-13-16-21(24)19-22(25)17-18-27-23(26)20-14-11-10-12-15-20/h10-12,14-15,21-22H,2-9,13,16-19,24-25H2,1H3. The highest BCUT2D eigenvalue weighted by molar-refractivity contribution is 5.89. The van der Waals surface area contributed by atoms with Crippen molar-refractivity contribution in [1.29, 1.82) is 0 Å². The van der Waals surface area contributed by atoms with Gasteiger partial charge < -0.3 is 16.2 Å². The molecule has 0 radical (unpaired) electrons. The second kappa shape index (κ2) is 15.6. The molecule has 2 unspecified atom stereocenters. The van der Waals surface area contributed by atoms with E-state index in [9.17, 15) is 4.79 Å². The fourth-order valence-electron chi connectivity index (χ4n) is 3.30. The molecule has 1 rings (SSSR count). The summed E-state index contributed by atoms with van der Waals surface area (Å²) < 4.78 is 5.28. The van der Waals surface area contributed by atoms with E-state index in [0.717, 1.165) is 12.8 Å². The van der Waals surface area contributed by atoms with Crippen molar-refractivity contribution in [2.75, 3.05) is 6.61 Å². The van der Waals surface area contributed by atoms with Crippen LogP contribution in [-0.4, -0.2) is 24.7 Å². The van der Waals surface area contributed by atoms with Crippen molar-refractivity contribution in [3.8, 4) is 0 Å². The molecule has 0 spiro atoms. The molecule has 0 aliphatic heterocycles. The molecule has 0 saturated carbocycles. The van der Waals surface area contributed by atoms with Gasteiger partial charge in [-0.05, 0) is 31.4 Å². The summed E-state index contributed by atoms with van der Waals surface area (Å²) in [4.78, 5) is 11.9. The van der Waals surface area contributed by atoms with Crippen molar-refractivity contribution in [3.63, 3.8) is 0 Å². The number of unbranched alkanes of at least 4 members (excludes halogenated alkanes) is 8. The van der Waals surface area contributed by atoms with Crippen LogP contribution < -0.4 is 11.5 Å². The smallest absolute Gasteiger partial charge is 0.338 e. The van der Waals surface area contributed by atoms with Crippen LogP contribution in [0.3, 0.4) is 0 Å². The number of esters is 1. The quantitative estimate of drug-likeness (QED) is 0.307. The molecule has 0 aromatic heterocycles. The zero-order valence-electron chi connectivity index (χ0n) is 17.2. The van der Waals surface area contributed by atoms with E-state index in [1.54, 1.807) is 12.1 Å². The Bertz CT molecular complexity index is 479. The van der Waals surface area contributed by atoms with E-state index in [1.165, 1.54) is 57.8 Å². The molecule has 1 aromatic rings. The predicted octanol–water partition coefficient (Wildman–Crippen LogP) is 5.20. The van der Waals surface area contributed by atoms with Crippen LogP contribution in [0.15, 0.2) is 30.3 Å². The van der Waals surface area contributed by atoms with Gasteiger partial charge in [-0.3, -0.25) is 0 Å². The molecule has 0 bridgehead atoms. The number of ether oxygens (including phenoxy) is 1. The lowest BCUT2D eigenvalue weighted by molar-refractivity contribution is 0.0492. The average Bonchev–Trinajstić information content (AvgIpc) is 2.67. The van der Waals surface area contributed by atoms with Gasteiger partial charge in [0.05, 0.1) is 12.2 Å². The minimum atomic E-state index is -0.290. The number of carbonyl (C=O) groups is 1. The van der Waals surface area contributed by atoms with Gasteiger partial charge in [-0.25, -0.2) is 4.79 Å². The van der Waals surface area contributed by atoms with Crippen molar-refractivity contribution in [3.05, 3.63) is 35.9 Å². The third kappa shape index (κ3) is 12.6. The van der Waals surface area contributed by atoms with Crippen LogP contribution >= 0.6 is 0 Å². The van der Waals surface area contributed by atoms with Crippen molar-refractivity contribution < 1.29 is 9.53 Å². The van der Waals surface area contributed by atoms with Crippen molar-refractivity contribution in [2.45, 2.75) is 96.1 Å². The summed E-state index contributed by atoms with van der Waals surface area (Å²) in [6, 6.07) is 9.17. The molecule has 0 saturated heterocycles. The highest BCUT2D eigenvalue weighted by Crippen LogP contribution is 2.12. The van der Waals surface area contributed by atoms with Gasteiger partial charge >= 0.3 is 5.97 Å². The normalized spacial score (nSPS) is 13.3. The Morgan fingerprint density at radius 1 is 0.852 bits per heavy atom. The third-order valence-electron chi connectivity index (χ3n) is 5.02. The van der Waals surface area contributed by atoms with E-state index in [1.807, 2.05) is 18.2 Å². The number of hydrogen-bond donors (Lipinski definition) is 2. The van der Waals surface area contributed by atoms with E-state index in [0.29, 0.717) is 18.6 Å². The molecule has 154 valence electrons. The maximum absolute atomic E-state index is 11.9. The van der Waals surface area contributed by atoms with Crippen LogP contribution in [0.4, 0.5) is 0 Å². The van der Waals surface area contributed by atoms with E-state index < -0.39 is 0 Å². The molecular formula is C23H40N2O2. The lowest BCUT2D eigenvalue weighted by Crippen LogP contribution is -2.32. The van der Waals surface area contributed by atoms with Gasteiger partial charge in [0.25, 0.3) is 0 Å². The molecule has 27 heavy (non-hydrogen) atoms. The Labute approximate surface area is 166 Å². The van der Waals surface area contributed by atoms with Gasteiger partial charge in [-0.1, -0.05) is 82.9 Å². The number of carbonyl (C=O) groups excluding carboxylic acids is 1. The maximum atomic E-state index is 11.9. The van der Waals surface area contributed by atoms with E-state index in [4.69, 9.17) is 16.2 Å². The topological polar surface area (TPSA) is 78.3 Å². The first-order valence-electron chi connectivity index (χ1n) is 10.9. The SMILES string of the molecule is CCCCCCCCCCCC(N)CC(N)CCOC(=O)c1ccccc1. The second-order valence-electron chi connectivity index (χ2n) is 7.66. The summed E-state index contributed by atoms with van der Waals surface area (Å²) in [6.45, 7) is 2.60. The van der Waals surface area contributed by atoms with Crippen molar-refractivity contribution in [1.82, 2.24) is 0 Å². The molecule has 1 aromatic carbocycles. The number of benzene rings is 1.